The summed E-state index contributed by atoms with van der Waals surface area (Å²) in [5, 5.41) is 5.03. The molecule has 3 heterocycles. The minimum Gasteiger partial charge on any atom is -0.358 e. The molecule has 0 amide bonds. The van der Waals surface area contributed by atoms with Gasteiger partial charge in [-0.1, -0.05) is 17.7 Å². The molecule has 0 bridgehead atoms. The van der Waals surface area contributed by atoms with Gasteiger partial charge in [-0.3, -0.25) is 4.98 Å². The fraction of sp³-hybridized carbons (Fsp3) is 0.381. The smallest absolute Gasteiger partial charge is 0.0459 e. The molecule has 1 aliphatic rings. The van der Waals surface area contributed by atoms with E-state index >= 15 is 0 Å². The molecule has 24 heavy (non-hydrogen) atoms. The summed E-state index contributed by atoms with van der Waals surface area (Å²) in [6, 6.07) is 11.1. The van der Waals surface area contributed by atoms with E-state index in [-0.39, 0.29) is 0 Å². The zero-order valence-electron chi connectivity index (χ0n) is 14.5. The molecule has 0 radical (unpaired) electrons. The number of benzene rings is 1. The predicted molar refractivity (Wildman–Crippen MR) is 99.6 cm³/mol. The van der Waals surface area contributed by atoms with E-state index in [2.05, 4.69) is 52.5 Å². The summed E-state index contributed by atoms with van der Waals surface area (Å²) in [4.78, 5) is 8.15. The SMILES string of the molecule is Cc1ccc2[nH]c3c(c2c1)CCNCC3CCc1ccc(C)nc1. The maximum absolute atomic E-state index is 4.43. The third-order valence-electron chi connectivity index (χ3n) is 5.20. The summed E-state index contributed by atoms with van der Waals surface area (Å²) in [7, 11) is 0. The number of pyridine rings is 1. The summed E-state index contributed by atoms with van der Waals surface area (Å²) in [5.74, 6) is 0.538. The van der Waals surface area contributed by atoms with Crippen molar-refractivity contribution in [3.63, 3.8) is 0 Å². The Bertz CT molecular complexity index is 845. The Labute approximate surface area is 143 Å². The van der Waals surface area contributed by atoms with Gasteiger partial charge in [0, 0.05) is 41.0 Å². The molecule has 0 fully saturated rings. The van der Waals surface area contributed by atoms with Crippen LogP contribution in [0.5, 0.6) is 0 Å². The Morgan fingerprint density at radius 2 is 2.08 bits per heavy atom. The number of H-pyrrole nitrogens is 1. The number of nitrogens with one attached hydrogen (secondary N) is 2. The minimum atomic E-state index is 0.538. The molecule has 0 aliphatic carbocycles. The molecule has 1 aromatic carbocycles. The van der Waals surface area contributed by atoms with E-state index in [1.165, 1.54) is 33.3 Å². The van der Waals surface area contributed by atoms with Crippen LogP contribution in [0.2, 0.25) is 0 Å². The van der Waals surface area contributed by atoms with Gasteiger partial charge in [-0.05, 0) is 69.0 Å². The highest BCUT2D eigenvalue weighted by Crippen LogP contribution is 2.32. The molecule has 2 N–H and O–H groups in total. The van der Waals surface area contributed by atoms with Crippen LogP contribution in [0.15, 0.2) is 36.5 Å². The summed E-state index contributed by atoms with van der Waals surface area (Å²) in [5.41, 5.74) is 8.01. The van der Waals surface area contributed by atoms with Crippen LogP contribution < -0.4 is 5.32 Å². The number of aromatic amines is 1. The first kappa shape index (κ1) is 15.4. The van der Waals surface area contributed by atoms with Crippen molar-refractivity contribution in [2.24, 2.45) is 0 Å². The quantitative estimate of drug-likeness (QED) is 0.765. The summed E-state index contributed by atoms with van der Waals surface area (Å²) < 4.78 is 0. The van der Waals surface area contributed by atoms with E-state index < -0.39 is 0 Å². The number of hydrogen-bond acceptors (Lipinski definition) is 2. The molecule has 1 atom stereocenters. The molecule has 3 heteroatoms. The predicted octanol–water partition coefficient (Wildman–Crippen LogP) is 4.04. The van der Waals surface area contributed by atoms with Crippen molar-refractivity contribution in [1.82, 2.24) is 15.3 Å². The van der Waals surface area contributed by atoms with Crippen LogP contribution >= 0.6 is 0 Å². The number of aromatic nitrogens is 2. The highest BCUT2D eigenvalue weighted by atomic mass is 14.9. The van der Waals surface area contributed by atoms with Gasteiger partial charge in [0.2, 0.25) is 0 Å². The first-order chi connectivity index (χ1) is 11.7. The van der Waals surface area contributed by atoms with Crippen molar-refractivity contribution in [1.29, 1.82) is 0 Å². The minimum absolute atomic E-state index is 0.538. The normalized spacial score (nSPS) is 17.7. The molecule has 1 unspecified atom stereocenters. The van der Waals surface area contributed by atoms with Crippen molar-refractivity contribution in [3.8, 4) is 0 Å². The number of aryl methyl sites for hydroxylation is 3. The lowest BCUT2D eigenvalue weighted by atomic mass is 9.94. The summed E-state index contributed by atoms with van der Waals surface area (Å²) >= 11 is 0. The van der Waals surface area contributed by atoms with Crippen LogP contribution in [0.3, 0.4) is 0 Å². The van der Waals surface area contributed by atoms with Crippen molar-refractivity contribution in [2.45, 2.75) is 39.0 Å². The van der Waals surface area contributed by atoms with Crippen molar-refractivity contribution in [2.75, 3.05) is 13.1 Å². The second-order valence-corrected chi connectivity index (χ2v) is 7.06. The van der Waals surface area contributed by atoms with Gasteiger partial charge in [-0.25, -0.2) is 0 Å². The van der Waals surface area contributed by atoms with Crippen molar-refractivity contribution >= 4 is 10.9 Å². The van der Waals surface area contributed by atoms with E-state index in [0.717, 1.165) is 38.0 Å². The maximum Gasteiger partial charge on any atom is 0.0459 e. The first-order valence-electron chi connectivity index (χ1n) is 8.94. The van der Waals surface area contributed by atoms with Gasteiger partial charge in [0.05, 0.1) is 0 Å². The van der Waals surface area contributed by atoms with Crippen molar-refractivity contribution in [3.05, 3.63) is 64.6 Å². The standard InChI is InChI=1S/C21H25N3/c1-14-3-8-20-19(11-14)18-9-10-22-13-17(21(18)24-20)7-6-16-5-4-15(2)23-12-16/h3-5,8,11-12,17,22,24H,6-7,9-10,13H2,1-2H3. The van der Waals surface area contributed by atoms with Crippen LogP contribution in [-0.2, 0) is 12.8 Å². The molecule has 124 valence electrons. The van der Waals surface area contributed by atoms with Gasteiger partial charge in [0.25, 0.3) is 0 Å². The van der Waals surface area contributed by atoms with Gasteiger partial charge in [0.1, 0.15) is 0 Å². The van der Waals surface area contributed by atoms with E-state index in [1.807, 2.05) is 13.1 Å². The lowest BCUT2D eigenvalue weighted by Gasteiger charge is -2.15. The number of rotatable bonds is 3. The summed E-state index contributed by atoms with van der Waals surface area (Å²) in [6.07, 6.45) is 5.36. The van der Waals surface area contributed by atoms with E-state index in [1.54, 1.807) is 0 Å². The van der Waals surface area contributed by atoms with Gasteiger partial charge < -0.3 is 10.3 Å². The van der Waals surface area contributed by atoms with Gasteiger partial charge in [-0.15, -0.1) is 0 Å². The third-order valence-corrected chi connectivity index (χ3v) is 5.20. The van der Waals surface area contributed by atoms with Gasteiger partial charge in [-0.2, -0.15) is 0 Å². The topological polar surface area (TPSA) is 40.7 Å². The Morgan fingerprint density at radius 3 is 2.92 bits per heavy atom. The fourth-order valence-electron chi connectivity index (χ4n) is 3.83. The molecule has 3 nitrogen and oxygen atoms in total. The molecule has 0 saturated heterocycles. The Balaban J connectivity index is 1.62. The number of fused-ring (bicyclic) bond motifs is 3. The highest BCUT2D eigenvalue weighted by molar-refractivity contribution is 5.85. The fourth-order valence-corrected chi connectivity index (χ4v) is 3.83. The molecule has 0 spiro atoms. The Kier molecular flexibility index (Phi) is 4.11. The monoisotopic (exact) mass is 319 g/mol. The average molecular weight is 319 g/mol. The van der Waals surface area contributed by atoms with E-state index in [4.69, 9.17) is 0 Å². The largest absolute Gasteiger partial charge is 0.358 e. The van der Waals surface area contributed by atoms with Crippen LogP contribution in [0.4, 0.5) is 0 Å². The lowest BCUT2D eigenvalue weighted by Crippen LogP contribution is -2.21. The van der Waals surface area contributed by atoms with Crippen LogP contribution in [0.25, 0.3) is 10.9 Å². The van der Waals surface area contributed by atoms with E-state index in [9.17, 15) is 0 Å². The molecular formula is C21H25N3. The Hall–Kier alpha value is -2.13. The molecule has 4 rings (SSSR count). The molecule has 3 aromatic rings. The molecule has 2 aromatic heterocycles. The zero-order valence-corrected chi connectivity index (χ0v) is 14.5. The third kappa shape index (κ3) is 2.96. The highest BCUT2D eigenvalue weighted by Gasteiger charge is 2.22. The average Bonchev–Trinajstić information content (AvgIpc) is 2.81. The first-order valence-corrected chi connectivity index (χ1v) is 8.94. The zero-order chi connectivity index (χ0) is 16.5. The number of nitrogens with zero attached hydrogens (tertiary/aromatic N) is 1. The van der Waals surface area contributed by atoms with Crippen LogP contribution in [0, 0.1) is 13.8 Å². The van der Waals surface area contributed by atoms with Gasteiger partial charge in [0.15, 0.2) is 0 Å². The number of hydrogen-bond donors (Lipinski definition) is 2. The maximum atomic E-state index is 4.43. The summed E-state index contributed by atoms with van der Waals surface area (Å²) in [6.45, 7) is 6.34. The second kappa shape index (κ2) is 6.40. The van der Waals surface area contributed by atoms with Crippen LogP contribution in [-0.4, -0.2) is 23.1 Å². The van der Waals surface area contributed by atoms with Crippen LogP contribution in [0.1, 0.15) is 40.4 Å². The molecule has 0 saturated carbocycles. The van der Waals surface area contributed by atoms with Gasteiger partial charge >= 0.3 is 0 Å². The van der Waals surface area contributed by atoms with Crippen molar-refractivity contribution < 1.29 is 0 Å². The lowest BCUT2D eigenvalue weighted by molar-refractivity contribution is 0.563. The van der Waals surface area contributed by atoms with E-state index in [0.29, 0.717) is 5.92 Å². The second-order valence-electron chi connectivity index (χ2n) is 7.06. The Morgan fingerprint density at radius 1 is 1.17 bits per heavy atom. The molecular weight excluding hydrogens is 294 g/mol. The molecule has 1 aliphatic heterocycles.